The van der Waals surface area contributed by atoms with E-state index in [1.165, 1.54) is 0 Å². The van der Waals surface area contributed by atoms with Gasteiger partial charge < -0.3 is 23.7 Å². The molecule has 0 heterocycles. The van der Waals surface area contributed by atoms with Gasteiger partial charge in [0.2, 0.25) is 0 Å². The van der Waals surface area contributed by atoms with Gasteiger partial charge >= 0.3 is 0 Å². The smallest absolute Gasteiger partial charge is 0.129 e. The van der Waals surface area contributed by atoms with E-state index in [4.69, 9.17) is 23.7 Å². The standard InChI is InChI=1S/C35H40O5/c1-6-11-36-31-17-28-16-29(19-31,20-32(18-28,24-31)37-12-7-2)30-21-33(38-13-8-3)25-34(22-30,39-14-9-4)27-35(23-30,26-33)40-15-10-5/h28H,16-27H2,1-5H3. The third-order valence-corrected chi connectivity index (χ3v) is 10.9. The predicted octanol–water partition coefficient (Wildman–Crippen LogP) is 6.02. The van der Waals surface area contributed by atoms with Crippen molar-refractivity contribution >= 4 is 0 Å². The molecule has 0 saturated heterocycles. The largest absolute Gasteiger partial charge is 0.440 e. The third-order valence-electron chi connectivity index (χ3n) is 10.9. The van der Waals surface area contributed by atoms with Crippen LogP contribution in [-0.2, 0) is 23.7 Å². The molecular formula is C35H40O5. The lowest BCUT2D eigenvalue weighted by Crippen LogP contribution is -2.77. The summed E-state index contributed by atoms with van der Waals surface area (Å²) in [5.41, 5.74) is -2.43. The fourth-order valence-corrected chi connectivity index (χ4v) is 11.1. The van der Waals surface area contributed by atoms with Crippen molar-refractivity contribution in [3.05, 3.63) is 0 Å². The lowest BCUT2D eigenvalue weighted by molar-refractivity contribution is -0.336. The summed E-state index contributed by atoms with van der Waals surface area (Å²) in [6, 6.07) is 0. The highest BCUT2D eigenvalue weighted by atomic mass is 16.5. The molecule has 0 amide bonds. The Hall–Kier alpha value is -3.20. The van der Waals surface area contributed by atoms with Crippen LogP contribution in [0.2, 0.25) is 0 Å². The highest BCUT2D eigenvalue weighted by molar-refractivity contribution is 5.30. The number of hydrogen-bond donors (Lipinski definition) is 0. The van der Waals surface area contributed by atoms with Gasteiger partial charge in [0.05, 0.1) is 0 Å². The van der Waals surface area contributed by atoms with Crippen molar-refractivity contribution in [3.8, 4) is 60.1 Å². The summed E-state index contributed by atoms with van der Waals surface area (Å²) < 4.78 is 32.6. The molecule has 2 unspecified atom stereocenters. The second kappa shape index (κ2) is 9.16. The zero-order valence-corrected chi connectivity index (χ0v) is 24.6. The maximum Gasteiger partial charge on any atom is 0.129 e. The second-order valence-electron chi connectivity index (χ2n) is 13.8. The Bertz CT molecular complexity index is 1240. The number of rotatable bonds is 6. The first-order chi connectivity index (χ1) is 19.2. The van der Waals surface area contributed by atoms with Crippen LogP contribution >= 0.6 is 0 Å². The van der Waals surface area contributed by atoms with Gasteiger partial charge in [0.1, 0.15) is 58.5 Å². The van der Waals surface area contributed by atoms with Gasteiger partial charge in [0, 0.05) is 60.3 Å². The maximum absolute atomic E-state index is 6.55. The van der Waals surface area contributed by atoms with E-state index in [2.05, 4.69) is 60.1 Å². The first-order valence-corrected chi connectivity index (χ1v) is 14.7. The predicted molar refractivity (Wildman–Crippen MR) is 150 cm³/mol. The van der Waals surface area contributed by atoms with Crippen LogP contribution in [0.1, 0.15) is 112 Å². The van der Waals surface area contributed by atoms with Gasteiger partial charge in [-0.25, -0.2) is 0 Å². The Labute approximate surface area is 240 Å². The molecule has 2 atom stereocenters. The van der Waals surface area contributed by atoms with Gasteiger partial charge in [-0.3, -0.25) is 0 Å². The zero-order chi connectivity index (χ0) is 28.2. The van der Waals surface area contributed by atoms with Gasteiger partial charge in [-0.2, -0.15) is 0 Å². The van der Waals surface area contributed by atoms with Crippen molar-refractivity contribution in [1.29, 1.82) is 0 Å². The fourth-order valence-electron chi connectivity index (χ4n) is 11.1. The average Bonchev–Trinajstić information content (AvgIpc) is 2.90. The molecule has 0 N–H and O–H groups in total. The van der Waals surface area contributed by atoms with Gasteiger partial charge in [0.15, 0.2) is 0 Å². The average molecular weight is 541 g/mol. The highest BCUT2D eigenvalue weighted by Gasteiger charge is 2.80. The van der Waals surface area contributed by atoms with Crippen LogP contribution in [0.3, 0.4) is 0 Å². The minimum atomic E-state index is -0.500. The number of hydrogen-bond acceptors (Lipinski definition) is 5. The van der Waals surface area contributed by atoms with Crippen molar-refractivity contribution in [1.82, 2.24) is 0 Å². The van der Waals surface area contributed by atoms with E-state index in [1.54, 1.807) is 0 Å². The Balaban J connectivity index is 1.52. The Morgan fingerprint density at radius 3 is 1.02 bits per heavy atom. The molecule has 40 heavy (non-hydrogen) atoms. The van der Waals surface area contributed by atoms with Crippen LogP contribution in [0.4, 0.5) is 0 Å². The van der Waals surface area contributed by atoms with Crippen molar-refractivity contribution in [2.24, 2.45) is 16.7 Å². The van der Waals surface area contributed by atoms with E-state index in [-0.39, 0.29) is 22.0 Å². The van der Waals surface area contributed by atoms with Crippen LogP contribution in [0.25, 0.3) is 0 Å². The van der Waals surface area contributed by atoms with Gasteiger partial charge in [-0.05, 0) is 68.1 Å². The molecule has 0 spiro atoms. The molecule has 5 heteroatoms. The van der Waals surface area contributed by atoms with Crippen LogP contribution in [0, 0.1) is 76.9 Å². The summed E-state index contributed by atoms with van der Waals surface area (Å²) in [7, 11) is 0. The lowest BCUT2D eigenvalue weighted by atomic mass is 9.32. The molecule has 8 bridgehead atoms. The van der Waals surface area contributed by atoms with Crippen molar-refractivity contribution in [2.75, 3.05) is 0 Å². The van der Waals surface area contributed by atoms with Gasteiger partial charge in [0.25, 0.3) is 0 Å². The van der Waals surface area contributed by atoms with Crippen LogP contribution < -0.4 is 0 Å². The van der Waals surface area contributed by atoms with Crippen LogP contribution in [-0.4, -0.2) is 28.0 Å². The zero-order valence-electron chi connectivity index (χ0n) is 24.6. The minimum Gasteiger partial charge on any atom is -0.440 e. The highest BCUT2D eigenvalue weighted by Crippen LogP contribution is 2.79. The van der Waals surface area contributed by atoms with E-state index in [0.29, 0.717) is 5.92 Å². The topological polar surface area (TPSA) is 46.2 Å². The second-order valence-corrected chi connectivity index (χ2v) is 13.8. The molecule has 8 saturated carbocycles. The van der Waals surface area contributed by atoms with E-state index in [0.717, 1.165) is 77.0 Å². The fraction of sp³-hybridized carbons (Fsp3) is 0.714. The molecule has 0 aliphatic heterocycles. The molecule has 0 aromatic heterocycles. The summed E-state index contributed by atoms with van der Waals surface area (Å²) in [5, 5.41) is 0. The molecule has 8 rings (SSSR count). The van der Waals surface area contributed by atoms with Crippen molar-refractivity contribution < 1.29 is 23.7 Å². The summed E-state index contributed by atoms with van der Waals surface area (Å²) in [6.07, 6.45) is 25.8. The molecule has 0 aromatic carbocycles. The molecule has 5 nitrogen and oxygen atoms in total. The molecule has 0 aromatic rings. The first kappa shape index (κ1) is 27.0. The number of ether oxygens (including phenoxy) is 5. The van der Waals surface area contributed by atoms with Crippen LogP contribution in [0.5, 0.6) is 0 Å². The van der Waals surface area contributed by atoms with E-state index in [9.17, 15) is 0 Å². The first-order valence-electron chi connectivity index (χ1n) is 14.7. The SMILES string of the molecule is CC#COC12CC3CC(OC#CC)(C1)CC(C14CC5(OC#CC)CC(OC#CC)(CC(OC#CC)(C5)C1)C4)(C3)C2. The molecule has 8 fully saturated rings. The van der Waals surface area contributed by atoms with E-state index >= 15 is 0 Å². The Morgan fingerprint density at radius 2 is 0.675 bits per heavy atom. The van der Waals surface area contributed by atoms with E-state index < -0.39 is 16.8 Å². The summed E-state index contributed by atoms with van der Waals surface area (Å²) in [4.78, 5) is 0. The van der Waals surface area contributed by atoms with Gasteiger partial charge in [-0.15, -0.1) is 0 Å². The van der Waals surface area contributed by atoms with Crippen molar-refractivity contribution in [2.45, 2.75) is 140 Å². The molecule has 8 aliphatic carbocycles. The van der Waals surface area contributed by atoms with Gasteiger partial charge in [-0.1, -0.05) is 29.6 Å². The van der Waals surface area contributed by atoms with Crippen molar-refractivity contribution in [3.63, 3.8) is 0 Å². The maximum atomic E-state index is 6.55. The van der Waals surface area contributed by atoms with E-state index in [1.807, 2.05) is 34.6 Å². The van der Waals surface area contributed by atoms with Crippen LogP contribution in [0.15, 0.2) is 0 Å². The summed E-state index contributed by atoms with van der Waals surface area (Å²) in [5.74, 6) is 15.4. The lowest BCUT2D eigenvalue weighted by Gasteiger charge is -2.75. The monoisotopic (exact) mass is 540 g/mol. The molecular weight excluding hydrogens is 500 g/mol. The summed E-state index contributed by atoms with van der Waals surface area (Å²) >= 11 is 0. The normalized spacial score (nSPS) is 45.9. The third kappa shape index (κ3) is 3.99. The molecule has 0 radical (unpaired) electrons. The summed E-state index contributed by atoms with van der Waals surface area (Å²) in [6.45, 7) is 9.15. The minimum absolute atomic E-state index is 0.0741. The Morgan fingerprint density at radius 1 is 0.375 bits per heavy atom. The quantitative estimate of drug-likeness (QED) is 0.386. The Kier molecular flexibility index (Phi) is 6.18. The molecule has 8 aliphatic rings. The molecule has 210 valence electrons.